The maximum atomic E-state index is 12.4. The number of carbonyl (C=O) groups is 1. The fourth-order valence-corrected chi connectivity index (χ4v) is 2.56. The van der Waals surface area contributed by atoms with Gasteiger partial charge in [0, 0.05) is 11.4 Å². The molecule has 0 aliphatic heterocycles. The Labute approximate surface area is 145 Å². The average Bonchev–Trinajstić information content (AvgIpc) is 3.03. The summed E-state index contributed by atoms with van der Waals surface area (Å²) in [5.41, 5.74) is 6.07. The van der Waals surface area contributed by atoms with Crippen molar-refractivity contribution in [3.8, 4) is 0 Å². The number of fused-ring (bicyclic) bond motifs is 1. The smallest absolute Gasteiger partial charge is 0.264 e. The Hall–Kier alpha value is -3.09. The Morgan fingerprint density at radius 3 is 2.68 bits per heavy atom. The van der Waals surface area contributed by atoms with E-state index in [4.69, 9.17) is 0 Å². The first-order chi connectivity index (χ1) is 12.1. The van der Waals surface area contributed by atoms with Crippen molar-refractivity contribution in [1.82, 2.24) is 25.0 Å². The van der Waals surface area contributed by atoms with E-state index in [9.17, 15) is 4.79 Å². The van der Waals surface area contributed by atoms with Crippen LogP contribution < -0.4 is 5.43 Å². The van der Waals surface area contributed by atoms with Gasteiger partial charge in [0.25, 0.3) is 5.78 Å². The number of aryl methyl sites for hydroxylation is 2. The Bertz CT molecular complexity index is 929. The molecular formula is C18H20N6O. The topological polar surface area (TPSA) is 84.5 Å². The van der Waals surface area contributed by atoms with Crippen molar-refractivity contribution in [3.05, 3.63) is 59.2 Å². The summed E-state index contributed by atoms with van der Waals surface area (Å²) in [4.78, 5) is 20.8. The third kappa shape index (κ3) is 3.71. The molecule has 0 fully saturated rings. The molecule has 0 saturated heterocycles. The van der Waals surface area contributed by atoms with Gasteiger partial charge in [-0.1, -0.05) is 43.7 Å². The molecule has 3 rings (SSSR count). The van der Waals surface area contributed by atoms with Crippen molar-refractivity contribution in [2.75, 3.05) is 0 Å². The predicted molar refractivity (Wildman–Crippen MR) is 95.6 cm³/mol. The molecule has 0 radical (unpaired) electrons. The number of hydrogen-bond acceptors (Lipinski definition) is 5. The number of nitrogens with one attached hydrogen (secondary N) is 1. The quantitative estimate of drug-likeness (QED) is 0.573. The van der Waals surface area contributed by atoms with E-state index in [0.717, 1.165) is 35.5 Å². The number of nitrogens with zero attached hydrogens (tertiary/aromatic N) is 5. The summed E-state index contributed by atoms with van der Waals surface area (Å²) < 4.78 is 1.55. The third-order valence-corrected chi connectivity index (χ3v) is 3.71. The van der Waals surface area contributed by atoms with Crippen LogP contribution in [0.5, 0.6) is 0 Å². The second kappa shape index (κ2) is 7.21. The lowest BCUT2D eigenvalue weighted by atomic mass is 10.1. The van der Waals surface area contributed by atoms with E-state index < -0.39 is 5.91 Å². The Balaban J connectivity index is 1.84. The number of carbonyl (C=O) groups excluding carboxylic acids is 1. The van der Waals surface area contributed by atoms with E-state index in [-0.39, 0.29) is 5.82 Å². The van der Waals surface area contributed by atoms with Crippen LogP contribution in [0.3, 0.4) is 0 Å². The Morgan fingerprint density at radius 2 is 1.96 bits per heavy atom. The number of hydrazone groups is 1. The van der Waals surface area contributed by atoms with Crippen LogP contribution in [0, 0.1) is 13.8 Å². The summed E-state index contributed by atoms with van der Waals surface area (Å²) in [5, 5.41) is 8.49. The van der Waals surface area contributed by atoms with Gasteiger partial charge in [-0.15, -0.1) is 5.10 Å². The van der Waals surface area contributed by atoms with Crippen molar-refractivity contribution < 1.29 is 4.79 Å². The van der Waals surface area contributed by atoms with Crippen molar-refractivity contribution in [2.24, 2.45) is 5.10 Å². The Morgan fingerprint density at radius 1 is 1.20 bits per heavy atom. The molecule has 1 N–H and O–H groups in total. The highest BCUT2D eigenvalue weighted by molar-refractivity contribution is 6.01. The molecule has 0 aliphatic rings. The summed E-state index contributed by atoms with van der Waals surface area (Å²) in [7, 11) is 0. The molecule has 0 atom stereocenters. The number of rotatable bonds is 5. The van der Waals surface area contributed by atoms with Gasteiger partial charge >= 0.3 is 5.91 Å². The molecule has 1 aromatic carbocycles. The second-order valence-electron chi connectivity index (χ2n) is 5.80. The zero-order valence-electron chi connectivity index (χ0n) is 14.5. The average molecular weight is 336 g/mol. The minimum absolute atomic E-state index is 0.0499. The van der Waals surface area contributed by atoms with Crippen LogP contribution >= 0.6 is 0 Å². The molecule has 7 heteroatoms. The minimum atomic E-state index is -0.452. The van der Waals surface area contributed by atoms with Crippen LogP contribution in [0.15, 0.2) is 41.5 Å². The van der Waals surface area contributed by atoms with Gasteiger partial charge < -0.3 is 0 Å². The fraction of sp³-hybridized carbons (Fsp3) is 0.278. The van der Waals surface area contributed by atoms with E-state index in [1.165, 1.54) is 0 Å². The molecule has 0 saturated carbocycles. The molecule has 2 heterocycles. The summed E-state index contributed by atoms with van der Waals surface area (Å²) in [6.07, 6.45) is 1.70. The summed E-state index contributed by atoms with van der Waals surface area (Å²) in [5.74, 6) is 0.00409. The highest BCUT2D eigenvalue weighted by Gasteiger charge is 2.15. The maximum Gasteiger partial charge on any atom is 0.311 e. The monoisotopic (exact) mass is 336 g/mol. The van der Waals surface area contributed by atoms with E-state index >= 15 is 0 Å². The fourth-order valence-electron chi connectivity index (χ4n) is 2.56. The summed E-state index contributed by atoms with van der Waals surface area (Å²) in [6.45, 7) is 5.84. The molecule has 25 heavy (non-hydrogen) atoms. The molecule has 0 aliphatic carbocycles. The van der Waals surface area contributed by atoms with Crippen LogP contribution in [0.4, 0.5) is 0 Å². The molecule has 3 aromatic rings. The number of amides is 1. The zero-order valence-corrected chi connectivity index (χ0v) is 14.5. The molecule has 7 nitrogen and oxygen atoms in total. The van der Waals surface area contributed by atoms with Crippen LogP contribution in [0.1, 0.15) is 47.3 Å². The molecule has 0 bridgehead atoms. The Kier molecular flexibility index (Phi) is 4.83. The zero-order chi connectivity index (χ0) is 17.8. The molecular weight excluding hydrogens is 316 g/mol. The largest absolute Gasteiger partial charge is 0.311 e. The van der Waals surface area contributed by atoms with Crippen molar-refractivity contribution in [3.63, 3.8) is 0 Å². The molecule has 0 spiro atoms. The standard InChI is InChI=1S/C18H20N6O/c1-4-8-15(14-9-6-5-7-10-14)21-22-17(25)16-20-18-19-12(2)11-13(3)24(18)23-16/h5-7,9-11H,4,8H2,1-3H3,(H,22,25). The lowest BCUT2D eigenvalue weighted by Gasteiger charge is -2.05. The van der Waals surface area contributed by atoms with Gasteiger partial charge in [0.15, 0.2) is 0 Å². The van der Waals surface area contributed by atoms with Gasteiger partial charge in [0.2, 0.25) is 5.82 Å². The van der Waals surface area contributed by atoms with Crippen molar-refractivity contribution in [1.29, 1.82) is 0 Å². The normalized spacial score (nSPS) is 11.7. The third-order valence-electron chi connectivity index (χ3n) is 3.71. The number of aromatic nitrogens is 4. The lowest BCUT2D eigenvalue weighted by molar-refractivity contribution is 0.0944. The minimum Gasteiger partial charge on any atom is -0.264 e. The van der Waals surface area contributed by atoms with Crippen molar-refractivity contribution in [2.45, 2.75) is 33.6 Å². The van der Waals surface area contributed by atoms with Crippen LogP contribution in [0.2, 0.25) is 0 Å². The summed E-state index contributed by atoms with van der Waals surface area (Å²) in [6, 6.07) is 11.7. The lowest BCUT2D eigenvalue weighted by Crippen LogP contribution is -2.21. The second-order valence-corrected chi connectivity index (χ2v) is 5.80. The maximum absolute atomic E-state index is 12.4. The van der Waals surface area contributed by atoms with Crippen LogP contribution in [-0.4, -0.2) is 31.2 Å². The van der Waals surface area contributed by atoms with Crippen LogP contribution in [0.25, 0.3) is 5.78 Å². The van der Waals surface area contributed by atoms with Crippen LogP contribution in [-0.2, 0) is 0 Å². The first kappa shape index (κ1) is 16.8. The molecule has 2 aromatic heterocycles. The van der Waals surface area contributed by atoms with E-state index in [1.54, 1.807) is 4.52 Å². The molecule has 1 amide bonds. The van der Waals surface area contributed by atoms with Gasteiger partial charge in [0.1, 0.15) is 0 Å². The van der Waals surface area contributed by atoms with E-state index in [0.29, 0.717) is 5.78 Å². The first-order valence-electron chi connectivity index (χ1n) is 8.22. The van der Waals surface area contributed by atoms with Gasteiger partial charge in [-0.3, -0.25) is 4.79 Å². The SMILES string of the molecule is CCCC(=NNC(=O)c1nc2nc(C)cc(C)n2n1)c1ccccc1. The van der Waals surface area contributed by atoms with Gasteiger partial charge in [0.05, 0.1) is 5.71 Å². The highest BCUT2D eigenvalue weighted by Crippen LogP contribution is 2.07. The first-order valence-corrected chi connectivity index (χ1v) is 8.22. The molecule has 0 unspecified atom stereocenters. The van der Waals surface area contributed by atoms with E-state index in [2.05, 4.69) is 32.5 Å². The highest BCUT2D eigenvalue weighted by atomic mass is 16.2. The molecule has 128 valence electrons. The van der Waals surface area contributed by atoms with E-state index in [1.807, 2.05) is 50.2 Å². The number of hydrogen-bond donors (Lipinski definition) is 1. The van der Waals surface area contributed by atoms with Gasteiger partial charge in [-0.2, -0.15) is 10.1 Å². The van der Waals surface area contributed by atoms with Gasteiger partial charge in [-0.05, 0) is 31.9 Å². The van der Waals surface area contributed by atoms with Gasteiger partial charge in [-0.25, -0.2) is 14.9 Å². The number of benzene rings is 1. The summed E-state index contributed by atoms with van der Waals surface area (Å²) >= 11 is 0. The van der Waals surface area contributed by atoms with Crippen molar-refractivity contribution >= 4 is 17.4 Å². The predicted octanol–water partition coefficient (Wildman–Crippen LogP) is 2.68.